The number of amides is 1. The zero-order valence-corrected chi connectivity index (χ0v) is 15.3. The summed E-state index contributed by atoms with van der Waals surface area (Å²) < 4.78 is 11.2. The molecule has 2 aromatic heterocycles. The van der Waals surface area contributed by atoms with E-state index in [1.54, 1.807) is 14.0 Å². The van der Waals surface area contributed by atoms with Gasteiger partial charge in [0, 0.05) is 7.05 Å². The van der Waals surface area contributed by atoms with E-state index in [0.29, 0.717) is 18.9 Å². The Kier molecular flexibility index (Phi) is 4.79. The Bertz CT molecular complexity index is 999. The molecule has 0 saturated heterocycles. The number of fused-ring (bicyclic) bond motifs is 1. The van der Waals surface area contributed by atoms with Gasteiger partial charge in [-0.2, -0.15) is 0 Å². The molecule has 2 heterocycles. The van der Waals surface area contributed by atoms with E-state index in [9.17, 15) is 9.59 Å². The third-order valence-electron chi connectivity index (χ3n) is 4.12. The van der Waals surface area contributed by atoms with E-state index in [1.165, 1.54) is 11.2 Å². The zero-order chi connectivity index (χ0) is 18.8. The van der Waals surface area contributed by atoms with Gasteiger partial charge in [-0.05, 0) is 44.0 Å². The molecular formula is C19H21N3O4. The van der Waals surface area contributed by atoms with Crippen LogP contribution in [0, 0.1) is 20.8 Å². The van der Waals surface area contributed by atoms with E-state index < -0.39 is 5.56 Å². The third kappa shape index (κ3) is 3.46. The minimum absolute atomic E-state index is 0.162. The highest BCUT2D eigenvalue weighted by atomic mass is 16.5. The number of nitrogens with one attached hydrogen (secondary N) is 1. The van der Waals surface area contributed by atoms with E-state index in [4.69, 9.17) is 9.15 Å². The highest BCUT2D eigenvalue weighted by Gasteiger charge is 2.24. The van der Waals surface area contributed by atoms with Crippen LogP contribution in [0.5, 0.6) is 5.75 Å². The van der Waals surface area contributed by atoms with E-state index >= 15 is 0 Å². The molecule has 0 atom stereocenters. The fraction of sp³-hybridized carbons (Fsp3) is 0.316. The van der Waals surface area contributed by atoms with Crippen LogP contribution in [0.25, 0.3) is 11.1 Å². The van der Waals surface area contributed by atoms with Crippen LogP contribution in [-0.4, -0.2) is 41.0 Å². The zero-order valence-electron chi connectivity index (χ0n) is 15.3. The number of carbonyl (C=O) groups excluding carboxylic acids is 1. The normalized spacial score (nSPS) is 10.9. The maximum Gasteiger partial charge on any atom is 0.262 e. The molecule has 1 amide bonds. The molecule has 0 unspecified atom stereocenters. The fourth-order valence-electron chi connectivity index (χ4n) is 2.92. The highest BCUT2D eigenvalue weighted by molar-refractivity contribution is 6.06. The van der Waals surface area contributed by atoms with Crippen LogP contribution in [0.1, 0.15) is 27.2 Å². The SMILES string of the molecule is Cc1cc(C)cc(OCCN(C)C(=O)c2c(C)oc3nc[nH]c(=O)c23)c1. The molecule has 0 aliphatic heterocycles. The first-order valence-corrected chi connectivity index (χ1v) is 8.30. The van der Waals surface area contributed by atoms with Crippen molar-refractivity contribution >= 4 is 17.0 Å². The first-order valence-electron chi connectivity index (χ1n) is 8.30. The van der Waals surface area contributed by atoms with Crippen molar-refractivity contribution in [2.75, 3.05) is 20.2 Å². The summed E-state index contributed by atoms with van der Waals surface area (Å²) >= 11 is 0. The van der Waals surface area contributed by atoms with Crippen LogP contribution in [0.15, 0.2) is 33.7 Å². The maximum absolute atomic E-state index is 12.8. The molecule has 7 nitrogen and oxygen atoms in total. The van der Waals surface area contributed by atoms with Crippen molar-refractivity contribution in [2.24, 2.45) is 0 Å². The van der Waals surface area contributed by atoms with E-state index in [2.05, 4.69) is 16.0 Å². The average molecular weight is 355 g/mol. The number of aryl methyl sites for hydroxylation is 3. The molecule has 0 aliphatic carbocycles. The Morgan fingerprint density at radius 2 is 1.92 bits per heavy atom. The van der Waals surface area contributed by atoms with Crippen LogP contribution < -0.4 is 10.3 Å². The second kappa shape index (κ2) is 7.03. The number of rotatable bonds is 5. The lowest BCUT2D eigenvalue weighted by atomic mass is 10.1. The van der Waals surface area contributed by atoms with Gasteiger partial charge in [-0.3, -0.25) is 9.59 Å². The van der Waals surface area contributed by atoms with Crippen molar-refractivity contribution < 1.29 is 13.9 Å². The number of furan rings is 1. The van der Waals surface area contributed by atoms with Gasteiger partial charge in [-0.1, -0.05) is 6.07 Å². The van der Waals surface area contributed by atoms with Crippen LogP contribution in [0.4, 0.5) is 0 Å². The van der Waals surface area contributed by atoms with Gasteiger partial charge in [0.1, 0.15) is 23.5 Å². The Morgan fingerprint density at radius 1 is 1.23 bits per heavy atom. The summed E-state index contributed by atoms with van der Waals surface area (Å²) in [6.07, 6.45) is 1.25. The molecule has 136 valence electrons. The van der Waals surface area contributed by atoms with Gasteiger partial charge in [0.15, 0.2) is 0 Å². The van der Waals surface area contributed by atoms with Gasteiger partial charge in [0.25, 0.3) is 11.5 Å². The monoisotopic (exact) mass is 355 g/mol. The van der Waals surface area contributed by atoms with Crippen molar-refractivity contribution in [3.63, 3.8) is 0 Å². The second-order valence-electron chi connectivity index (χ2n) is 6.34. The molecule has 7 heteroatoms. The second-order valence-corrected chi connectivity index (χ2v) is 6.34. The Hall–Kier alpha value is -3.09. The molecule has 0 bridgehead atoms. The molecule has 3 rings (SSSR count). The van der Waals surface area contributed by atoms with Gasteiger partial charge in [0.05, 0.1) is 18.4 Å². The van der Waals surface area contributed by atoms with Gasteiger partial charge >= 0.3 is 0 Å². The summed E-state index contributed by atoms with van der Waals surface area (Å²) in [5.41, 5.74) is 2.25. The first kappa shape index (κ1) is 17.7. The fourth-order valence-corrected chi connectivity index (χ4v) is 2.92. The number of ether oxygens (including phenoxy) is 1. The quantitative estimate of drug-likeness (QED) is 0.760. The number of H-pyrrole nitrogens is 1. The summed E-state index contributed by atoms with van der Waals surface area (Å²) in [5.74, 6) is 0.842. The molecule has 0 aliphatic rings. The number of aromatic nitrogens is 2. The van der Waals surface area contributed by atoms with Gasteiger partial charge in [-0.15, -0.1) is 0 Å². The Labute approximate surface area is 150 Å². The highest BCUT2D eigenvalue weighted by Crippen LogP contribution is 2.22. The lowest BCUT2D eigenvalue weighted by Gasteiger charge is -2.17. The number of nitrogens with zero attached hydrogens (tertiary/aromatic N) is 2. The number of benzene rings is 1. The molecule has 1 N–H and O–H groups in total. The van der Waals surface area contributed by atoms with Crippen molar-refractivity contribution in [1.82, 2.24) is 14.9 Å². The molecule has 0 spiro atoms. The standard InChI is InChI=1S/C19H21N3O4/c1-11-7-12(2)9-14(8-11)25-6-5-22(4)19(24)15-13(3)26-18-16(15)17(23)20-10-21-18/h7-10H,5-6H2,1-4H3,(H,20,21,23). The van der Waals surface area contributed by atoms with Crippen molar-refractivity contribution in [3.05, 3.63) is 57.3 Å². The minimum Gasteiger partial charge on any atom is -0.492 e. The smallest absolute Gasteiger partial charge is 0.262 e. The summed E-state index contributed by atoms with van der Waals surface area (Å²) in [7, 11) is 1.66. The van der Waals surface area contributed by atoms with Crippen LogP contribution in [-0.2, 0) is 0 Å². The largest absolute Gasteiger partial charge is 0.492 e. The molecule has 26 heavy (non-hydrogen) atoms. The molecule has 1 aromatic carbocycles. The van der Waals surface area contributed by atoms with Gasteiger partial charge in [-0.25, -0.2) is 4.98 Å². The Morgan fingerprint density at radius 3 is 2.62 bits per heavy atom. The van der Waals surface area contributed by atoms with Gasteiger partial charge < -0.3 is 19.0 Å². The maximum atomic E-state index is 12.8. The number of hydrogen-bond donors (Lipinski definition) is 1. The van der Waals surface area contributed by atoms with Crippen molar-refractivity contribution in [2.45, 2.75) is 20.8 Å². The number of carbonyl (C=O) groups is 1. The summed E-state index contributed by atoms with van der Waals surface area (Å²) in [6.45, 7) is 6.38. The first-order chi connectivity index (χ1) is 12.4. The molecule has 0 radical (unpaired) electrons. The van der Waals surface area contributed by atoms with Gasteiger partial charge in [0.2, 0.25) is 5.71 Å². The minimum atomic E-state index is -0.393. The number of hydrogen-bond acceptors (Lipinski definition) is 5. The van der Waals surface area contributed by atoms with Crippen LogP contribution >= 0.6 is 0 Å². The van der Waals surface area contributed by atoms with E-state index in [0.717, 1.165) is 16.9 Å². The Balaban J connectivity index is 1.72. The lowest BCUT2D eigenvalue weighted by molar-refractivity contribution is 0.0773. The topological polar surface area (TPSA) is 88.4 Å². The summed E-state index contributed by atoms with van der Waals surface area (Å²) in [4.78, 5) is 32.8. The van der Waals surface area contributed by atoms with Crippen LogP contribution in [0.3, 0.4) is 0 Å². The number of likely N-dealkylation sites (N-methyl/N-ethyl adjacent to an activating group) is 1. The van der Waals surface area contributed by atoms with Crippen molar-refractivity contribution in [3.8, 4) is 5.75 Å². The average Bonchev–Trinajstić information content (AvgIpc) is 2.90. The third-order valence-corrected chi connectivity index (χ3v) is 4.12. The predicted octanol–water partition coefficient (Wildman–Crippen LogP) is 2.59. The van der Waals surface area contributed by atoms with E-state index in [1.807, 2.05) is 26.0 Å². The molecular weight excluding hydrogens is 334 g/mol. The van der Waals surface area contributed by atoms with E-state index in [-0.39, 0.29) is 22.6 Å². The molecule has 0 fully saturated rings. The summed E-state index contributed by atoms with van der Waals surface area (Å²) in [6, 6.07) is 5.97. The predicted molar refractivity (Wildman–Crippen MR) is 97.7 cm³/mol. The van der Waals surface area contributed by atoms with Crippen LogP contribution in [0.2, 0.25) is 0 Å². The number of aromatic amines is 1. The van der Waals surface area contributed by atoms with Crippen molar-refractivity contribution in [1.29, 1.82) is 0 Å². The summed E-state index contributed by atoms with van der Waals surface area (Å²) in [5, 5.41) is 0.178. The molecule has 3 aromatic rings. The lowest BCUT2D eigenvalue weighted by Crippen LogP contribution is -2.31. The molecule has 0 saturated carbocycles.